The van der Waals surface area contributed by atoms with Crippen LogP contribution in [0, 0.1) is 11.3 Å². The lowest BCUT2D eigenvalue weighted by atomic mass is 9.89. The Labute approximate surface area is 216 Å². The Morgan fingerprint density at radius 3 is 1.95 bits per heavy atom. The number of carbonyl (C=O) groups excluding carboxylic acids is 2. The first-order valence-corrected chi connectivity index (χ1v) is 11.9. The molecule has 0 spiro atoms. The van der Waals surface area contributed by atoms with Gasteiger partial charge in [0.1, 0.15) is 11.8 Å². The van der Waals surface area contributed by atoms with Gasteiger partial charge in [-0.15, -0.1) is 0 Å². The molecule has 0 aliphatic heterocycles. The minimum atomic E-state index is -0.967. The standard InChI is InChI=1S/C31H27N3O3/c32-20-24-9-7-8-23(18-24)19-28(30(33)36)34(21-22-14-16-27(35)17-15-22)31(37)29(25-10-3-1-4-11-25)26-12-5-2-6-13-26/h1-18,28-29,35H,19,21H2,(H2,33,36)/t28-/m1/s1. The monoisotopic (exact) mass is 489 g/mol. The van der Waals surface area contributed by atoms with E-state index in [9.17, 15) is 20.0 Å². The van der Waals surface area contributed by atoms with Crippen molar-refractivity contribution in [3.05, 3.63) is 137 Å². The smallest absolute Gasteiger partial charge is 0.240 e. The Morgan fingerprint density at radius 1 is 0.811 bits per heavy atom. The Morgan fingerprint density at radius 2 is 1.41 bits per heavy atom. The van der Waals surface area contributed by atoms with Crippen molar-refractivity contribution in [2.75, 3.05) is 0 Å². The van der Waals surface area contributed by atoms with Crippen LogP contribution in [-0.4, -0.2) is 27.9 Å². The summed E-state index contributed by atoms with van der Waals surface area (Å²) >= 11 is 0. The Hall–Kier alpha value is -4.89. The number of hydrogen-bond acceptors (Lipinski definition) is 4. The third-order valence-corrected chi connectivity index (χ3v) is 6.27. The van der Waals surface area contributed by atoms with Gasteiger partial charge in [0.15, 0.2) is 0 Å². The summed E-state index contributed by atoms with van der Waals surface area (Å²) in [5.74, 6) is -1.47. The van der Waals surface area contributed by atoms with Gasteiger partial charge in [0.25, 0.3) is 0 Å². The Balaban J connectivity index is 1.80. The number of carbonyl (C=O) groups is 2. The van der Waals surface area contributed by atoms with Gasteiger partial charge in [-0.2, -0.15) is 5.26 Å². The highest BCUT2D eigenvalue weighted by atomic mass is 16.3. The van der Waals surface area contributed by atoms with Gasteiger partial charge in [-0.1, -0.05) is 84.9 Å². The van der Waals surface area contributed by atoms with E-state index < -0.39 is 17.9 Å². The molecule has 0 fully saturated rings. The number of phenolic OH excluding ortho intramolecular Hbond substituents is 1. The number of rotatable bonds is 9. The van der Waals surface area contributed by atoms with Gasteiger partial charge >= 0.3 is 0 Å². The molecule has 0 bridgehead atoms. The summed E-state index contributed by atoms with van der Waals surface area (Å²) in [5.41, 5.74) is 9.43. The highest BCUT2D eigenvalue weighted by Crippen LogP contribution is 2.29. The predicted molar refractivity (Wildman–Crippen MR) is 141 cm³/mol. The molecule has 0 radical (unpaired) electrons. The molecule has 6 nitrogen and oxygen atoms in total. The van der Waals surface area contributed by atoms with Crippen LogP contribution in [0.4, 0.5) is 0 Å². The van der Waals surface area contributed by atoms with Crippen molar-refractivity contribution in [2.45, 2.75) is 24.9 Å². The molecular formula is C31H27N3O3. The van der Waals surface area contributed by atoms with Crippen LogP contribution in [0.3, 0.4) is 0 Å². The van der Waals surface area contributed by atoms with E-state index in [0.29, 0.717) is 5.56 Å². The largest absolute Gasteiger partial charge is 0.508 e. The quantitative estimate of drug-likeness (QED) is 0.360. The summed E-state index contributed by atoms with van der Waals surface area (Å²) in [6.45, 7) is 0.112. The summed E-state index contributed by atoms with van der Waals surface area (Å²) in [5, 5.41) is 19.1. The first-order valence-electron chi connectivity index (χ1n) is 11.9. The molecule has 184 valence electrons. The van der Waals surface area contributed by atoms with Gasteiger partial charge in [0.05, 0.1) is 17.6 Å². The molecule has 0 saturated heterocycles. The predicted octanol–water partition coefficient (Wildman–Crippen LogP) is 4.52. The van der Waals surface area contributed by atoms with E-state index in [4.69, 9.17) is 5.73 Å². The van der Waals surface area contributed by atoms with Crippen LogP contribution in [0.15, 0.2) is 109 Å². The first-order chi connectivity index (χ1) is 18.0. The number of phenols is 1. The van der Waals surface area contributed by atoms with E-state index in [1.807, 2.05) is 66.7 Å². The van der Waals surface area contributed by atoms with Crippen LogP contribution in [0.1, 0.15) is 33.7 Å². The van der Waals surface area contributed by atoms with Gasteiger partial charge in [-0.25, -0.2) is 0 Å². The Kier molecular flexibility index (Phi) is 7.97. The fourth-order valence-electron chi connectivity index (χ4n) is 4.43. The van der Waals surface area contributed by atoms with Gasteiger partial charge in [0, 0.05) is 13.0 Å². The topological polar surface area (TPSA) is 107 Å². The molecule has 37 heavy (non-hydrogen) atoms. The second-order valence-electron chi connectivity index (χ2n) is 8.82. The lowest BCUT2D eigenvalue weighted by Crippen LogP contribution is -2.50. The van der Waals surface area contributed by atoms with Crippen molar-refractivity contribution in [1.82, 2.24) is 4.90 Å². The zero-order valence-electron chi connectivity index (χ0n) is 20.2. The molecule has 4 aromatic carbocycles. The third-order valence-electron chi connectivity index (χ3n) is 6.27. The number of aromatic hydroxyl groups is 1. The maximum atomic E-state index is 14.4. The van der Waals surface area contributed by atoms with Crippen LogP contribution < -0.4 is 5.73 Å². The van der Waals surface area contributed by atoms with Gasteiger partial charge < -0.3 is 15.7 Å². The molecule has 0 saturated carbocycles. The van der Waals surface area contributed by atoms with Gasteiger partial charge in [-0.05, 0) is 46.5 Å². The number of nitriles is 1. The van der Waals surface area contributed by atoms with Gasteiger partial charge in [-0.3, -0.25) is 9.59 Å². The van der Waals surface area contributed by atoms with Crippen LogP contribution in [0.25, 0.3) is 0 Å². The average molecular weight is 490 g/mol. The molecule has 3 N–H and O–H groups in total. The molecule has 0 aliphatic carbocycles. The van der Waals surface area contributed by atoms with Crippen LogP contribution in [0.5, 0.6) is 5.75 Å². The zero-order chi connectivity index (χ0) is 26.2. The van der Waals surface area contributed by atoms with Crippen LogP contribution in [-0.2, 0) is 22.6 Å². The van der Waals surface area contributed by atoms with Crippen molar-refractivity contribution in [2.24, 2.45) is 5.73 Å². The molecular weight excluding hydrogens is 462 g/mol. The van der Waals surface area contributed by atoms with E-state index >= 15 is 0 Å². The fourth-order valence-corrected chi connectivity index (χ4v) is 4.43. The SMILES string of the molecule is N#Cc1cccc(C[C@H](C(N)=O)N(Cc2ccc(O)cc2)C(=O)C(c2ccccc2)c2ccccc2)c1. The summed E-state index contributed by atoms with van der Waals surface area (Å²) in [6, 6.07) is 33.4. The van der Waals surface area contributed by atoms with Crippen LogP contribution >= 0.6 is 0 Å². The number of amides is 2. The van der Waals surface area contributed by atoms with Crippen molar-refractivity contribution in [3.8, 4) is 11.8 Å². The molecule has 4 rings (SSSR count). The van der Waals surface area contributed by atoms with Crippen molar-refractivity contribution < 1.29 is 14.7 Å². The highest BCUT2D eigenvalue weighted by molar-refractivity contribution is 5.92. The first kappa shape index (κ1) is 25.2. The van der Waals surface area contributed by atoms with E-state index in [-0.39, 0.29) is 24.6 Å². The average Bonchev–Trinajstić information content (AvgIpc) is 2.93. The van der Waals surface area contributed by atoms with Crippen molar-refractivity contribution >= 4 is 11.8 Å². The molecule has 0 unspecified atom stereocenters. The summed E-state index contributed by atoms with van der Waals surface area (Å²) in [6.07, 6.45) is 0.158. The molecule has 0 heterocycles. The van der Waals surface area contributed by atoms with E-state index in [1.165, 1.54) is 4.90 Å². The fraction of sp³-hybridized carbons (Fsp3) is 0.129. The number of nitrogens with zero attached hydrogens (tertiary/aromatic N) is 2. The zero-order valence-corrected chi connectivity index (χ0v) is 20.2. The van der Waals surface area contributed by atoms with Crippen LogP contribution in [0.2, 0.25) is 0 Å². The molecule has 0 aromatic heterocycles. The van der Waals surface area contributed by atoms with Gasteiger partial charge in [0.2, 0.25) is 11.8 Å². The van der Waals surface area contributed by atoms with Crippen molar-refractivity contribution in [1.29, 1.82) is 5.26 Å². The minimum Gasteiger partial charge on any atom is -0.508 e. The maximum absolute atomic E-state index is 14.4. The number of nitrogens with two attached hydrogens (primary N) is 1. The molecule has 2 amide bonds. The van der Waals surface area contributed by atoms with E-state index in [0.717, 1.165) is 22.3 Å². The minimum absolute atomic E-state index is 0.104. The summed E-state index contributed by atoms with van der Waals surface area (Å²) in [7, 11) is 0. The Bertz CT molecular complexity index is 1360. The van der Waals surface area contributed by atoms with E-state index in [1.54, 1.807) is 42.5 Å². The second kappa shape index (κ2) is 11.7. The highest BCUT2D eigenvalue weighted by Gasteiger charge is 2.34. The number of hydrogen-bond donors (Lipinski definition) is 2. The molecule has 6 heteroatoms. The summed E-state index contributed by atoms with van der Waals surface area (Å²) < 4.78 is 0. The summed E-state index contributed by atoms with van der Waals surface area (Å²) in [4.78, 5) is 28.8. The number of primary amides is 1. The third kappa shape index (κ3) is 6.22. The lowest BCUT2D eigenvalue weighted by molar-refractivity contribution is -0.140. The second-order valence-corrected chi connectivity index (χ2v) is 8.82. The normalized spacial score (nSPS) is 11.5. The maximum Gasteiger partial charge on any atom is 0.240 e. The molecule has 4 aromatic rings. The van der Waals surface area contributed by atoms with Crippen molar-refractivity contribution in [3.63, 3.8) is 0 Å². The molecule has 0 aliphatic rings. The van der Waals surface area contributed by atoms with E-state index in [2.05, 4.69) is 6.07 Å². The lowest BCUT2D eigenvalue weighted by Gasteiger charge is -2.33. The molecule has 1 atom stereocenters. The number of benzene rings is 4.